The summed E-state index contributed by atoms with van der Waals surface area (Å²) in [7, 11) is 0. The Labute approximate surface area is 330 Å². The van der Waals surface area contributed by atoms with Gasteiger partial charge in [-0.1, -0.05) is 170 Å². The fraction of sp³-hybridized carbons (Fsp3) is 0. The van der Waals surface area contributed by atoms with Crippen LogP contribution in [0, 0.1) is 0 Å². The molecular weight excluding hydrogens is 693 g/mol. The highest BCUT2D eigenvalue weighted by atomic mass is 16.3. The summed E-state index contributed by atoms with van der Waals surface area (Å²) in [6.45, 7) is 0. The molecule has 0 saturated heterocycles. The van der Waals surface area contributed by atoms with Crippen LogP contribution in [0.2, 0.25) is 0 Å². The van der Waals surface area contributed by atoms with Crippen LogP contribution in [0.5, 0.6) is 0 Å². The van der Waals surface area contributed by atoms with Gasteiger partial charge in [-0.05, 0) is 85.8 Å². The summed E-state index contributed by atoms with van der Waals surface area (Å²) in [6.07, 6.45) is 0. The van der Waals surface area contributed by atoms with Gasteiger partial charge >= 0.3 is 0 Å². The highest BCUT2D eigenvalue weighted by molar-refractivity contribution is 6.14. The van der Waals surface area contributed by atoms with Crippen molar-refractivity contribution in [2.75, 3.05) is 0 Å². The van der Waals surface area contributed by atoms with Crippen LogP contribution in [0.25, 0.3) is 111 Å². The predicted molar refractivity (Wildman–Crippen MR) is 237 cm³/mol. The van der Waals surface area contributed by atoms with E-state index in [1.165, 1.54) is 27.3 Å². The van der Waals surface area contributed by atoms with E-state index in [1.807, 2.05) is 30.3 Å². The van der Waals surface area contributed by atoms with E-state index in [0.29, 0.717) is 5.82 Å². The predicted octanol–water partition coefficient (Wildman–Crippen LogP) is 14.7. The molecule has 9 aromatic carbocycles. The molecule has 3 heteroatoms. The fourth-order valence-corrected chi connectivity index (χ4v) is 8.27. The number of aromatic nitrogens is 2. The maximum atomic E-state index is 6.60. The normalized spacial score (nSPS) is 11.5. The molecule has 3 nitrogen and oxygen atoms in total. The summed E-state index contributed by atoms with van der Waals surface area (Å²) in [6, 6.07) is 72.8. The molecule has 0 aliphatic heterocycles. The first kappa shape index (κ1) is 32.8. The van der Waals surface area contributed by atoms with Crippen molar-refractivity contribution in [3.8, 4) is 67.3 Å². The van der Waals surface area contributed by atoms with Gasteiger partial charge in [0.2, 0.25) is 0 Å². The Morgan fingerprint density at radius 1 is 0.298 bits per heavy atom. The van der Waals surface area contributed by atoms with Gasteiger partial charge in [-0.15, -0.1) is 0 Å². The summed E-state index contributed by atoms with van der Waals surface area (Å²) in [5.41, 5.74) is 13.2. The minimum Gasteiger partial charge on any atom is -0.455 e. The minimum absolute atomic E-state index is 0.680. The average molecular weight is 727 g/mol. The Kier molecular flexibility index (Phi) is 7.82. The lowest BCUT2D eigenvalue weighted by atomic mass is 9.92. The molecule has 0 spiro atoms. The van der Waals surface area contributed by atoms with Crippen LogP contribution >= 0.6 is 0 Å². The summed E-state index contributed by atoms with van der Waals surface area (Å²) in [4.78, 5) is 10.6. The number of hydrogen-bond donors (Lipinski definition) is 0. The van der Waals surface area contributed by atoms with Crippen LogP contribution in [0.1, 0.15) is 0 Å². The van der Waals surface area contributed by atoms with Crippen molar-refractivity contribution in [2.45, 2.75) is 0 Å². The number of para-hydroxylation sites is 2. The number of rotatable bonds is 6. The molecule has 0 saturated carbocycles. The van der Waals surface area contributed by atoms with E-state index in [2.05, 4.69) is 176 Å². The van der Waals surface area contributed by atoms with Crippen LogP contribution < -0.4 is 0 Å². The van der Waals surface area contributed by atoms with E-state index in [9.17, 15) is 0 Å². The monoisotopic (exact) mass is 726 g/mol. The lowest BCUT2D eigenvalue weighted by Crippen LogP contribution is -1.97. The van der Waals surface area contributed by atoms with Crippen LogP contribution in [0.3, 0.4) is 0 Å². The molecular formula is C54H34N2O. The van der Waals surface area contributed by atoms with Crippen molar-refractivity contribution in [1.82, 2.24) is 9.97 Å². The van der Waals surface area contributed by atoms with Gasteiger partial charge in [0.25, 0.3) is 0 Å². The van der Waals surface area contributed by atoms with Gasteiger partial charge in [-0.25, -0.2) is 9.97 Å². The van der Waals surface area contributed by atoms with Crippen molar-refractivity contribution in [2.24, 2.45) is 0 Å². The second-order valence-corrected chi connectivity index (χ2v) is 14.5. The zero-order chi connectivity index (χ0) is 37.7. The number of hydrogen-bond acceptors (Lipinski definition) is 3. The zero-order valence-electron chi connectivity index (χ0n) is 30.9. The molecule has 266 valence electrons. The smallest absolute Gasteiger partial charge is 0.160 e. The van der Waals surface area contributed by atoms with E-state index in [1.54, 1.807) is 0 Å². The molecule has 0 bridgehead atoms. The van der Waals surface area contributed by atoms with Crippen molar-refractivity contribution in [1.29, 1.82) is 0 Å². The topological polar surface area (TPSA) is 38.9 Å². The number of fused-ring (bicyclic) bond motifs is 6. The molecule has 2 aromatic heterocycles. The largest absolute Gasteiger partial charge is 0.455 e. The SMILES string of the molecule is c1ccc(-c2ccc(-c3cc(-c4cc(-c5cc6ccccc6c6ccccc56)nc(-c5ccccc5)n4)cc(-c4cccc5c4oc4ccccc45)c3)cc2)cc1. The third kappa shape index (κ3) is 5.85. The number of nitrogens with zero attached hydrogens (tertiary/aromatic N) is 2. The number of furan rings is 1. The maximum Gasteiger partial charge on any atom is 0.160 e. The molecule has 57 heavy (non-hydrogen) atoms. The van der Waals surface area contributed by atoms with E-state index in [4.69, 9.17) is 14.4 Å². The molecule has 11 rings (SSSR count). The standard InChI is InChI=1S/C54H34N2O/c1-3-14-35(15-4-1)36-26-28-37(29-27-36)40-30-41(44-23-13-24-48-47-22-11-12-25-52(47)57-53(44)48)32-42(31-40)50-34-51(56-54(55-50)38-16-5-2-6-17-38)49-33-39-18-7-8-19-43(39)45-20-9-10-21-46(45)49/h1-34H. The summed E-state index contributed by atoms with van der Waals surface area (Å²) >= 11 is 0. The Balaban J connectivity index is 1.16. The molecule has 0 radical (unpaired) electrons. The minimum atomic E-state index is 0.680. The Hall–Kier alpha value is -7.62. The Morgan fingerprint density at radius 2 is 0.860 bits per heavy atom. The zero-order valence-corrected chi connectivity index (χ0v) is 30.9. The first-order chi connectivity index (χ1) is 28.2. The molecule has 2 heterocycles. The quantitative estimate of drug-likeness (QED) is 0.160. The second kappa shape index (κ2) is 13.6. The van der Waals surface area contributed by atoms with Gasteiger partial charge < -0.3 is 4.42 Å². The summed E-state index contributed by atoms with van der Waals surface area (Å²) < 4.78 is 6.60. The van der Waals surface area contributed by atoms with Crippen molar-refractivity contribution in [3.05, 3.63) is 206 Å². The average Bonchev–Trinajstić information content (AvgIpc) is 3.68. The second-order valence-electron chi connectivity index (χ2n) is 14.5. The molecule has 11 aromatic rings. The van der Waals surface area contributed by atoms with Crippen LogP contribution in [-0.4, -0.2) is 9.97 Å². The first-order valence-corrected chi connectivity index (χ1v) is 19.3. The van der Waals surface area contributed by atoms with Gasteiger partial charge in [0, 0.05) is 33.0 Å². The lowest BCUT2D eigenvalue weighted by Gasteiger charge is -2.15. The van der Waals surface area contributed by atoms with Gasteiger partial charge in [0.1, 0.15) is 11.2 Å². The van der Waals surface area contributed by atoms with E-state index < -0.39 is 0 Å². The maximum absolute atomic E-state index is 6.60. The first-order valence-electron chi connectivity index (χ1n) is 19.3. The lowest BCUT2D eigenvalue weighted by molar-refractivity contribution is 0.670. The fourth-order valence-electron chi connectivity index (χ4n) is 8.27. The molecule has 0 N–H and O–H groups in total. The van der Waals surface area contributed by atoms with Gasteiger partial charge in [0.15, 0.2) is 5.82 Å². The Bertz CT molecular complexity index is 3270. The molecule has 0 amide bonds. The van der Waals surface area contributed by atoms with E-state index in [0.717, 1.165) is 77.7 Å². The van der Waals surface area contributed by atoms with Crippen molar-refractivity contribution < 1.29 is 4.42 Å². The van der Waals surface area contributed by atoms with Gasteiger partial charge in [-0.3, -0.25) is 0 Å². The molecule has 0 fully saturated rings. The highest BCUT2D eigenvalue weighted by Crippen LogP contribution is 2.41. The van der Waals surface area contributed by atoms with E-state index >= 15 is 0 Å². The summed E-state index contributed by atoms with van der Waals surface area (Å²) in [5, 5.41) is 6.97. The van der Waals surface area contributed by atoms with Crippen LogP contribution in [0.15, 0.2) is 211 Å². The van der Waals surface area contributed by atoms with Crippen LogP contribution in [-0.2, 0) is 0 Å². The Morgan fingerprint density at radius 3 is 1.65 bits per heavy atom. The van der Waals surface area contributed by atoms with Crippen molar-refractivity contribution >= 4 is 43.5 Å². The molecule has 0 unspecified atom stereocenters. The highest BCUT2D eigenvalue weighted by Gasteiger charge is 2.18. The number of benzene rings is 9. The summed E-state index contributed by atoms with van der Waals surface area (Å²) in [5.74, 6) is 0.680. The van der Waals surface area contributed by atoms with Gasteiger partial charge in [-0.2, -0.15) is 0 Å². The van der Waals surface area contributed by atoms with E-state index in [-0.39, 0.29) is 0 Å². The van der Waals surface area contributed by atoms with Crippen molar-refractivity contribution in [3.63, 3.8) is 0 Å². The molecule has 0 aliphatic carbocycles. The third-order valence-electron chi connectivity index (χ3n) is 11.1. The van der Waals surface area contributed by atoms with Gasteiger partial charge in [0.05, 0.1) is 11.4 Å². The third-order valence-corrected chi connectivity index (χ3v) is 11.1. The molecule has 0 aliphatic rings. The van der Waals surface area contributed by atoms with Crippen LogP contribution in [0.4, 0.5) is 0 Å². The molecule has 0 atom stereocenters.